The number of halogens is 2. The van der Waals surface area contributed by atoms with Crippen LogP contribution in [0.3, 0.4) is 0 Å². The van der Waals surface area contributed by atoms with Crippen molar-refractivity contribution in [1.29, 1.82) is 5.41 Å². The third-order valence-electron chi connectivity index (χ3n) is 2.94. The van der Waals surface area contributed by atoms with Crippen LogP contribution in [0.15, 0.2) is 28.2 Å². The number of thioether (sulfide) groups is 1. The Morgan fingerprint density at radius 1 is 1.53 bits per heavy atom. The molecule has 104 valence electrons. The highest BCUT2D eigenvalue weighted by Gasteiger charge is 2.15. The number of amidine groups is 1. The van der Waals surface area contributed by atoms with Gasteiger partial charge >= 0.3 is 0 Å². The summed E-state index contributed by atoms with van der Waals surface area (Å²) >= 11 is 4.85. The average molecular weight is 364 g/mol. The van der Waals surface area contributed by atoms with Crippen LogP contribution in [0.5, 0.6) is 5.75 Å². The van der Waals surface area contributed by atoms with E-state index in [9.17, 15) is 0 Å². The molecule has 0 spiro atoms. The Bertz CT molecular complexity index is 519. The Labute approximate surface area is 132 Å². The number of ether oxygens (including phenoxy) is 1. The van der Waals surface area contributed by atoms with Crippen molar-refractivity contribution in [3.8, 4) is 5.75 Å². The molecule has 1 aromatic rings. The largest absolute Gasteiger partial charge is 0.493 e. The van der Waals surface area contributed by atoms with Crippen LogP contribution in [-0.4, -0.2) is 17.5 Å². The quantitative estimate of drug-likeness (QED) is 0.615. The highest BCUT2D eigenvalue weighted by molar-refractivity contribution is 9.10. The number of hydrogen-bond acceptors (Lipinski definition) is 3. The van der Waals surface area contributed by atoms with E-state index in [-0.39, 0.29) is 17.6 Å². The van der Waals surface area contributed by atoms with Gasteiger partial charge < -0.3 is 10.5 Å². The first kappa shape index (κ1) is 16.4. The molecule has 6 heteroatoms. The standard InChI is InChI=1S/C13H15BrN2OS.ClH/c1-8-9(7-18-13(15)16)4-5-17-12-3-2-10(14)6-11(8)12;/h2-3,6H,4-5,7H2,1H3,(H3,15,16);1H. The zero-order chi connectivity index (χ0) is 13.1. The van der Waals surface area contributed by atoms with E-state index < -0.39 is 0 Å². The summed E-state index contributed by atoms with van der Waals surface area (Å²) in [7, 11) is 0. The maximum absolute atomic E-state index is 7.29. The molecule has 0 saturated heterocycles. The van der Waals surface area contributed by atoms with Crippen molar-refractivity contribution in [2.45, 2.75) is 13.3 Å². The Kier molecular flexibility index (Phi) is 6.23. The van der Waals surface area contributed by atoms with Gasteiger partial charge in [-0.1, -0.05) is 33.3 Å². The molecular weight excluding hydrogens is 348 g/mol. The molecule has 1 aliphatic heterocycles. The van der Waals surface area contributed by atoms with Crippen LogP contribution in [0.2, 0.25) is 0 Å². The molecule has 0 bridgehead atoms. The molecule has 0 aromatic heterocycles. The Hall–Kier alpha value is -0.650. The summed E-state index contributed by atoms with van der Waals surface area (Å²) in [6, 6.07) is 6.06. The second kappa shape index (κ2) is 7.22. The minimum absolute atomic E-state index is 0. The van der Waals surface area contributed by atoms with Gasteiger partial charge in [0, 0.05) is 22.2 Å². The SMILES string of the molecule is CC1=C(CSC(=N)N)CCOc2ccc(Br)cc21.Cl. The molecule has 0 radical (unpaired) electrons. The molecule has 0 amide bonds. The average Bonchev–Trinajstić information content (AvgIpc) is 2.47. The van der Waals surface area contributed by atoms with E-state index in [1.54, 1.807) is 0 Å². The summed E-state index contributed by atoms with van der Waals surface area (Å²) in [5, 5.41) is 7.45. The summed E-state index contributed by atoms with van der Waals surface area (Å²) in [5.41, 5.74) is 9.06. The van der Waals surface area contributed by atoms with E-state index in [0.717, 1.165) is 28.0 Å². The number of nitrogens with two attached hydrogens (primary N) is 1. The van der Waals surface area contributed by atoms with Crippen molar-refractivity contribution < 1.29 is 4.74 Å². The van der Waals surface area contributed by atoms with Crippen molar-refractivity contribution in [2.24, 2.45) is 5.73 Å². The highest BCUT2D eigenvalue weighted by Crippen LogP contribution is 2.35. The fourth-order valence-corrected chi connectivity index (χ4v) is 2.98. The molecule has 0 saturated carbocycles. The van der Waals surface area contributed by atoms with E-state index in [1.807, 2.05) is 12.1 Å². The first-order valence-corrected chi connectivity index (χ1v) is 7.44. The molecule has 1 aliphatic rings. The van der Waals surface area contributed by atoms with Crippen molar-refractivity contribution in [1.82, 2.24) is 0 Å². The summed E-state index contributed by atoms with van der Waals surface area (Å²) in [5.74, 6) is 1.69. The molecule has 0 fully saturated rings. The molecular formula is C13H16BrClN2OS. The van der Waals surface area contributed by atoms with Crippen molar-refractivity contribution in [2.75, 3.05) is 12.4 Å². The van der Waals surface area contributed by atoms with E-state index in [2.05, 4.69) is 28.9 Å². The van der Waals surface area contributed by atoms with Crippen molar-refractivity contribution >= 4 is 50.8 Å². The minimum atomic E-state index is 0. The third-order valence-corrected chi connectivity index (χ3v) is 4.24. The Balaban J connectivity index is 0.00000180. The molecule has 3 N–H and O–H groups in total. The van der Waals surface area contributed by atoms with Gasteiger partial charge in [-0.25, -0.2) is 0 Å². The fraction of sp³-hybridized carbons (Fsp3) is 0.308. The minimum Gasteiger partial charge on any atom is -0.493 e. The van der Waals surface area contributed by atoms with Gasteiger partial charge in [-0.2, -0.15) is 0 Å². The first-order chi connectivity index (χ1) is 8.58. The lowest BCUT2D eigenvalue weighted by Crippen LogP contribution is -2.06. The smallest absolute Gasteiger partial charge is 0.151 e. The summed E-state index contributed by atoms with van der Waals surface area (Å²) in [6.07, 6.45) is 0.887. The Morgan fingerprint density at radius 2 is 2.26 bits per heavy atom. The predicted octanol–water partition coefficient (Wildman–Crippen LogP) is 4.05. The number of benzene rings is 1. The van der Waals surface area contributed by atoms with E-state index in [4.69, 9.17) is 15.9 Å². The maximum Gasteiger partial charge on any atom is 0.151 e. The lowest BCUT2D eigenvalue weighted by atomic mass is 10.0. The zero-order valence-corrected chi connectivity index (χ0v) is 13.8. The van der Waals surface area contributed by atoms with Crippen molar-refractivity contribution in [3.05, 3.63) is 33.8 Å². The molecule has 3 nitrogen and oxygen atoms in total. The molecule has 0 atom stereocenters. The molecule has 1 aromatic carbocycles. The van der Waals surface area contributed by atoms with Crippen LogP contribution in [0.1, 0.15) is 18.9 Å². The van der Waals surface area contributed by atoms with Gasteiger partial charge in [-0.3, -0.25) is 5.41 Å². The van der Waals surface area contributed by atoms with Crippen LogP contribution < -0.4 is 10.5 Å². The van der Waals surface area contributed by atoms with Crippen LogP contribution in [0.25, 0.3) is 5.57 Å². The Morgan fingerprint density at radius 3 is 2.95 bits per heavy atom. The predicted molar refractivity (Wildman–Crippen MR) is 88.5 cm³/mol. The van der Waals surface area contributed by atoms with Crippen LogP contribution in [0.4, 0.5) is 0 Å². The lowest BCUT2D eigenvalue weighted by molar-refractivity contribution is 0.324. The topological polar surface area (TPSA) is 59.1 Å². The monoisotopic (exact) mass is 362 g/mol. The van der Waals surface area contributed by atoms with Crippen molar-refractivity contribution in [3.63, 3.8) is 0 Å². The first-order valence-electron chi connectivity index (χ1n) is 5.66. The van der Waals surface area contributed by atoms with E-state index in [1.165, 1.54) is 22.9 Å². The van der Waals surface area contributed by atoms with E-state index in [0.29, 0.717) is 6.61 Å². The number of nitrogens with one attached hydrogen (secondary N) is 1. The summed E-state index contributed by atoms with van der Waals surface area (Å²) in [4.78, 5) is 0. The lowest BCUT2D eigenvalue weighted by Gasteiger charge is -2.09. The fourth-order valence-electron chi connectivity index (χ4n) is 1.93. The van der Waals surface area contributed by atoms with Crippen LogP contribution in [-0.2, 0) is 0 Å². The molecule has 0 unspecified atom stereocenters. The van der Waals surface area contributed by atoms with Gasteiger partial charge in [0.15, 0.2) is 5.17 Å². The van der Waals surface area contributed by atoms with Gasteiger partial charge in [0.2, 0.25) is 0 Å². The second-order valence-electron chi connectivity index (χ2n) is 4.12. The van der Waals surface area contributed by atoms with E-state index >= 15 is 0 Å². The number of fused-ring (bicyclic) bond motifs is 1. The van der Waals surface area contributed by atoms with Crippen LogP contribution >= 0.6 is 40.1 Å². The van der Waals surface area contributed by atoms with Gasteiger partial charge in [0.05, 0.1) is 6.61 Å². The molecule has 2 rings (SSSR count). The molecule has 1 heterocycles. The summed E-state index contributed by atoms with van der Waals surface area (Å²) in [6.45, 7) is 2.79. The zero-order valence-electron chi connectivity index (χ0n) is 10.5. The molecule has 19 heavy (non-hydrogen) atoms. The maximum atomic E-state index is 7.29. The highest BCUT2D eigenvalue weighted by atomic mass is 79.9. The third kappa shape index (κ3) is 4.16. The number of hydrogen-bond donors (Lipinski definition) is 2. The molecule has 0 aliphatic carbocycles. The second-order valence-corrected chi connectivity index (χ2v) is 6.05. The summed E-state index contributed by atoms with van der Waals surface area (Å²) < 4.78 is 6.80. The number of rotatable bonds is 2. The normalized spacial score (nSPS) is 14.0. The number of allylic oxidation sites excluding steroid dienone is 1. The van der Waals surface area contributed by atoms with Gasteiger partial charge in [0.25, 0.3) is 0 Å². The van der Waals surface area contributed by atoms with Gasteiger partial charge in [0.1, 0.15) is 5.75 Å². The van der Waals surface area contributed by atoms with Gasteiger partial charge in [-0.15, -0.1) is 12.4 Å². The van der Waals surface area contributed by atoms with Gasteiger partial charge in [-0.05, 0) is 30.7 Å². The van der Waals surface area contributed by atoms with Crippen LogP contribution in [0, 0.1) is 5.41 Å².